The molecule has 0 amide bonds. The molecule has 0 atom stereocenters. The minimum Gasteiger partial charge on any atom is -0.378 e. The molecule has 3 heterocycles. The average molecular weight is 445 g/mol. The Morgan fingerprint density at radius 2 is 1.81 bits per heavy atom. The van der Waals surface area contributed by atoms with Gasteiger partial charge in [0.2, 0.25) is 0 Å². The summed E-state index contributed by atoms with van der Waals surface area (Å²) in [5.74, 6) is -0.705. The molecule has 1 aliphatic rings. The fraction of sp³-hybridized carbons (Fsp3) is 0.273. The Kier molecular flexibility index (Phi) is 7.72. The fourth-order valence-corrected chi connectivity index (χ4v) is 3.06. The third kappa shape index (κ3) is 5.38. The van der Waals surface area contributed by atoms with E-state index in [2.05, 4.69) is 20.5 Å². The summed E-state index contributed by atoms with van der Waals surface area (Å²) in [6.45, 7) is 6.41. The first-order chi connectivity index (χ1) is 15.5. The van der Waals surface area contributed by atoms with Gasteiger partial charge in [-0.05, 0) is 30.3 Å². The van der Waals surface area contributed by atoms with Crippen LogP contribution in [0.25, 0.3) is 11.1 Å². The van der Waals surface area contributed by atoms with Gasteiger partial charge in [-0.25, -0.2) is 13.8 Å². The van der Waals surface area contributed by atoms with E-state index in [-0.39, 0.29) is 22.8 Å². The molecule has 0 radical (unpaired) electrons. The molecule has 1 aliphatic heterocycles. The van der Waals surface area contributed by atoms with Crippen LogP contribution in [-0.4, -0.2) is 47.5 Å². The number of benzene rings is 1. The number of morpholine rings is 1. The van der Waals surface area contributed by atoms with Gasteiger partial charge in [0.15, 0.2) is 17.5 Å². The van der Waals surface area contributed by atoms with Gasteiger partial charge in [0.25, 0.3) is 0 Å². The van der Waals surface area contributed by atoms with Gasteiger partial charge in [-0.1, -0.05) is 19.9 Å². The van der Waals surface area contributed by atoms with E-state index in [0.29, 0.717) is 37.7 Å². The Labute approximate surface area is 183 Å². The summed E-state index contributed by atoms with van der Waals surface area (Å²) in [5.41, 5.74) is 0.0175. The zero-order chi connectivity index (χ0) is 23.1. The van der Waals surface area contributed by atoms with Gasteiger partial charge in [-0.2, -0.15) is 9.49 Å². The van der Waals surface area contributed by atoms with E-state index in [1.54, 1.807) is 6.07 Å². The fourth-order valence-electron chi connectivity index (χ4n) is 3.06. The number of nitrogens with zero attached hydrogens (tertiary/aromatic N) is 4. The maximum Gasteiger partial charge on any atom is 0.332 e. The molecule has 32 heavy (non-hydrogen) atoms. The topological polar surface area (TPSA) is 80.2 Å². The minimum atomic E-state index is -1.72. The normalized spacial score (nSPS) is 13.2. The third-order valence-electron chi connectivity index (χ3n) is 4.57. The van der Waals surface area contributed by atoms with Crippen LogP contribution in [0.2, 0.25) is 0 Å². The van der Waals surface area contributed by atoms with Crippen molar-refractivity contribution in [2.75, 3.05) is 36.5 Å². The molecule has 168 valence electrons. The number of carbonyl (C=O) groups excluding carboxylic acids is 1. The number of carbonyl (C=O) groups is 1. The van der Waals surface area contributed by atoms with Crippen LogP contribution in [0.1, 0.15) is 24.2 Å². The first-order valence-corrected chi connectivity index (χ1v) is 10.1. The lowest BCUT2D eigenvalue weighted by atomic mass is 10.1. The van der Waals surface area contributed by atoms with Crippen LogP contribution in [-0.2, 0) is 4.74 Å². The molecule has 1 fully saturated rings. The van der Waals surface area contributed by atoms with Crippen molar-refractivity contribution in [2.24, 2.45) is 0 Å². The van der Waals surface area contributed by atoms with Gasteiger partial charge in [-0.15, -0.1) is 5.10 Å². The highest BCUT2D eigenvalue weighted by atomic mass is 19.1. The lowest BCUT2D eigenvalue weighted by Crippen LogP contribution is -2.36. The van der Waals surface area contributed by atoms with E-state index < -0.39 is 17.7 Å². The van der Waals surface area contributed by atoms with Gasteiger partial charge >= 0.3 is 6.04 Å². The number of pyridine rings is 1. The maximum atomic E-state index is 14.3. The predicted octanol–water partition coefficient (Wildman–Crippen LogP) is 4.53. The van der Waals surface area contributed by atoms with Crippen LogP contribution in [0, 0.1) is 11.6 Å². The zero-order valence-electron chi connectivity index (χ0n) is 17.6. The van der Waals surface area contributed by atoms with Crippen molar-refractivity contribution in [2.45, 2.75) is 13.8 Å². The van der Waals surface area contributed by atoms with Crippen LogP contribution in [0.4, 0.5) is 30.6 Å². The summed E-state index contributed by atoms with van der Waals surface area (Å²) < 4.78 is 46.7. The van der Waals surface area contributed by atoms with E-state index >= 15 is 0 Å². The number of nitrogens with one attached hydrogen (secondary N) is 1. The standard InChI is InChI=1S/C20H16F3N5O2.C2H6/c21-15-3-4-18(28-5-7-30-8-6-28)26-20(15)25-17-10-13(11-24-27-17)14-2-1-12(19(23)29)9-16(14)22;1-2/h1-4,9-11H,5-8H2,(H,25,26,27);1-2H3. The second-order valence-corrected chi connectivity index (χ2v) is 6.52. The number of ether oxygens (including phenoxy) is 1. The maximum absolute atomic E-state index is 14.3. The molecule has 1 N–H and O–H groups in total. The number of anilines is 3. The highest BCUT2D eigenvalue weighted by Crippen LogP contribution is 2.27. The van der Waals surface area contributed by atoms with E-state index in [9.17, 15) is 18.0 Å². The molecule has 0 unspecified atom stereocenters. The smallest absolute Gasteiger partial charge is 0.332 e. The number of rotatable bonds is 5. The molecule has 4 rings (SSSR count). The van der Waals surface area contributed by atoms with Gasteiger partial charge in [0, 0.05) is 24.2 Å². The number of hydrogen-bond acceptors (Lipinski definition) is 7. The number of halogens is 3. The van der Waals surface area contributed by atoms with Crippen molar-refractivity contribution >= 4 is 23.5 Å². The van der Waals surface area contributed by atoms with Gasteiger partial charge < -0.3 is 15.0 Å². The van der Waals surface area contributed by atoms with E-state index in [1.807, 2.05) is 18.7 Å². The molecular weight excluding hydrogens is 423 g/mol. The Morgan fingerprint density at radius 1 is 1.06 bits per heavy atom. The van der Waals surface area contributed by atoms with Gasteiger partial charge in [0.05, 0.1) is 25.0 Å². The van der Waals surface area contributed by atoms with Crippen molar-refractivity contribution in [1.29, 1.82) is 0 Å². The average Bonchev–Trinajstić information content (AvgIpc) is 2.82. The van der Waals surface area contributed by atoms with Crippen LogP contribution in [0.15, 0.2) is 42.6 Å². The Hall–Kier alpha value is -3.53. The van der Waals surface area contributed by atoms with Crippen molar-refractivity contribution < 1.29 is 22.7 Å². The molecule has 0 aliphatic carbocycles. The molecule has 3 aromatic rings. The summed E-state index contributed by atoms with van der Waals surface area (Å²) in [7, 11) is 0. The molecule has 1 aromatic carbocycles. The molecular formula is C22H22F3N5O2. The van der Waals surface area contributed by atoms with Crippen LogP contribution >= 0.6 is 0 Å². The molecule has 7 nitrogen and oxygen atoms in total. The molecule has 2 aromatic heterocycles. The van der Waals surface area contributed by atoms with Crippen LogP contribution < -0.4 is 10.2 Å². The predicted molar refractivity (Wildman–Crippen MR) is 115 cm³/mol. The highest BCUT2D eigenvalue weighted by molar-refractivity contribution is 5.89. The summed E-state index contributed by atoms with van der Waals surface area (Å²) in [5, 5.41) is 10.4. The van der Waals surface area contributed by atoms with Crippen molar-refractivity contribution in [3.8, 4) is 11.1 Å². The van der Waals surface area contributed by atoms with Gasteiger partial charge in [0.1, 0.15) is 11.6 Å². The molecule has 0 bridgehead atoms. The zero-order valence-corrected chi connectivity index (χ0v) is 17.6. The monoisotopic (exact) mass is 445 g/mol. The number of hydrogen-bond donors (Lipinski definition) is 1. The minimum absolute atomic E-state index is 0.0516. The highest BCUT2D eigenvalue weighted by Gasteiger charge is 2.16. The quantitative estimate of drug-likeness (QED) is 0.578. The molecule has 0 saturated carbocycles. The Bertz CT molecular complexity index is 1090. The summed E-state index contributed by atoms with van der Waals surface area (Å²) in [4.78, 5) is 17.0. The van der Waals surface area contributed by atoms with Crippen molar-refractivity contribution in [3.63, 3.8) is 0 Å². The second-order valence-electron chi connectivity index (χ2n) is 6.52. The SMILES string of the molecule is CC.O=C(F)c1ccc(-c2cnnc(Nc3nc(N4CCOCC4)ccc3F)c2)c(F)c1. The van der Waals surface area contributed by atoms with E-state index in [4.69, 9.17) is 4.74 Å². The molecule has 1 saturated heterocycles. The lowest BCUT2D eigenvalue weighted by Gasteiger charge is -2.28. The summed E-state index contributed by atoms with van der Waals surface area (Å²) in [6, 6.07) is 5.84. The van der Waals surface area contributed by atoms with Crippen molar-refractivity contribution in [1.82, 2.24) is 15.2 Å². The largest absolute Gasteiger partial charge is 0.378 e. The van der Waals surface area contributed by atoms with Gasteiger partial charge in [-0.3, -0.25) is 4.79 Å². The first kappa shape index (κ1) is 23.1. The summed E-state index contributed by atoms with van der Waals surface area (Å²) >= 11 is 0. The van der Waals surface area contributed by atoms with Crippen LogP contribution in [0.3, 0.4) is 0 Å². The molecule has 0 spiro atoms. The Balaban J connectivity index is 0.00000141. The third-order valence-corrected chi connectivity index (χ3v) is 4.57. The number of aromatic nitrogens is 3. The first-order valence-electron chi connectivity index (χ1n) is 10.1. The lowest BCUT2D eigenvalue weighted by molar-refractivity contribution is 0.0835. The van der Waals surface area contributed by atoms with Crippen molar-refractivity contribution in [3.05, 3.63) is 59.8 Å². The van der Waals surface area contributed by atoms with E-state index in [1.165, 1.54) is 30.5 Å². The summed E-state index contributed by atoms with van der Waals surface area (Å²) in [6.07, 6.45) is 1.30. The van der Waals surface area contributed by atoms with E-state index in [0.717, 1.165) is 6.07 Å². The van der Waals surface area contributed by atoms with Crippen LogP contribution in [0.5, 0.6) is 0 Å². The molecule has 10 heteroatoms. The second kappa shape index (κ2) is 10.7. The Morgan fingerprint density at radius 3 is 2.50 bits per heavy atom.